The number of nitrogens with zero attached hydrogens (tertiary/aromatic N) is 1. The van der Waals surface area contributed by atoms with E-state index in [1.54, 1.807) is 24.4 Å². The molecule has 0 aliphatic rings. The Labute approximate surface area is 117 Å². The second-order valence-corrected chi connectivity index (χ2v) is 4.71. The number of pyridine rings is 1. The number of ketones is 1. The molecule has 0 radical (unpaired) electrons. The Hall–Kier alpha value is -1.87. The van der Waals surface area contributed by atoms with E-state index >= 15 is 0 Å². The van der Waals surface area contributed by atoms with Crippen molar-refractivity contribution in [3.8, 4) is 5.75 Å². The van der Waals surface area contributed by atoms with Crippen molar-refractivity contribution in [1.29, 1.82) is 0 Å². The number of carbonyl (C=O) groups excluding carboxylic acids is 1. The van der Waals surface area contributed by atoms with Gasteiger partial charge in [-0.3, -0.25) is 9.78 Å². The Morgan fingerprint density at radius 2 is 2.11 bits per heavy atom. The Morgan fingerprint density at radius 1 is 1.32 bits per heavy atom. The standard InChI is InChI=1S/C15H14ClNO2/c1-10-3-5-12(17-9-10)8-14(18)13-7-11(16)4-6-15(13)19-2/h3-7,9H,8H2,1-2H3. The van der Waals surface area contributed by atoms with Crippen LogP contribution in [-0.2, 0) is 6.42 Å². The van der Waals surface area contributed by atoms with E-state index in [0.717, 1.165) is 11.3 Å². The second kappa shape index (κ2) is 5.85. The minimum Gasteiger partial charge on any atom is -0.496 e. The van der Waals surface area contributed by atoms with Crippen molar-refractivity contribution in [3.63, 3.8) is 0 Å². The summed E-state index contributed by atoms with van der Waals surface area (Å²) in [7, 11) is 1.53. The van der Waals surface area contributed by atoms with E-state index < -0.39 is 0 Å². The number of hydrogen-bond donors (Lipinski definition) is 0. The van der Waals surface area contributed by atoms with Gasteiger partial charge in [-0.2, -0.15) is 0 Å². The number of aryl methyl sites for hydroxylation is 1. The van der Waals surface area contributed by atoms with Gasteiger partial charge in [0.2, 0.25) is 0 Å². The number of ether oxygens (including phenoxy) is 1. The molecule has 0 amide bonds. The van der Waals surface area contributed by atoms with Gasteiger partial charge in [0.05, 0.1) is 19.1 Å². The van der Waals surface area contributed by atoms with Crippen molar-refractivity contribution < 1.29 is 9.53 Å². The molecule has 0 saturated heterocycles. The quantitative estimate of drug-likeness (QED) is 0.802. The zero-order chi connectivity index (χ0) is 13.8. The van der Waals surface area contributed by atoms with Gasteiger partial charge >= 0.3 is 0 Å². The fourth-order valence-corrected chi connectivity index (χ4v) is 1.93. The summed E-state index contributed by atoms with van der Waals surface area (Å²) < 4.78 is 5.18. The van der Waals surface area contributed by atoms with E-state index in [1.165, 1.54) is 7.11 Å². The first-order valence-corrected chi connectivity index (χ1v) is 6.26. The summed E-state index contributed by atoms with van der Waals surface area (Å²) in [4.78, 5) is 16.5. The van der Waals surface area contributed by atoms with Crippen molar-refractivity contribution >= 4 is 17.4 Å². The zero-order valence-corrected chi connectivity index (χ0v) is 11.6. The Balaban J connectivity index is 2.24. The van der Waals surface area contributed by atoms with Crippen LogP contribution in [0.3, 0.4) is 0 Å². The summed E-state index contributed by atoms with van der Waals surface area (Å²) in [6.07, 6.45) is 1.98. The maximum Gasteiger partial charge on any atom is 0.172 e. The topological polar surface area (TPSA) is 39.2 Å². The number of carbonyl (C=O) groups is 1. The molecule has 98 valence electrons. The van der Waals surface area contributed by atoms with Crippen LogP contribution in [0.4, 0.5) is 0 Å². The van der Waals surface area contributed by atoms with Crippen LogP contribution < -0.4 is 4.74 Å². The van der Waals surface area contributed by atoms with Gasteiger partial charge in [-0.15, -0.1) is 0 Å². The molecule has 0 saturated carbocycles. The molecular formula is C15H14ClNO2. The number of benzene rings is 1. The minimum absolute atomic E-state index is 0.0595. The molecule has 2 rings (SSSR count). The zero-order valence-electron chi connectivity index (χ0n) is 10.8. The van der Waals surface area contributed by atoms with Crippen LogP contribution in [0.2, 0.25) is 5.02 Å². The SMILES string of the molecule is COc1ccc(Cl)cc1C(=O)Cc1ccc(C)cn1. The van der Waals surface area contributed by atoms with Crippen LogP contribution in [0.15, 0.2) is 36.5 Å². The molecule has 1 heterocycles. The normalized spacial score (nSPS) is 10.3. The first kappa shape index (κ1) is 13.6. The largest absolute Gasteiger partial charge is 0.496 e. The highest BCUT2D eigenvalue weighted by Gasteiger charge is 2.14. The lowest BCUT2D eigenvalue weighted by molar-refractivity contribution is 0.0989. The monoisotopic (exact) mass is 275 g/mol. The summed E-state index contributed by atoms with van der Waals surface area (Å²) in [5, 5.41) is 0.515. The van der Waals surface area contributed by atoms with E-state index in [9.17, 15) is 4.79 Å². The van der Waals surface area contributed by atoms with Crippen molar-refractivity contribution in [2.75, 3.05) is 7.11 Å². The van der Waals surface area contributed by atoms with Crippen LogP contribution in [0, 0.1) is 6.92 Å². The number of aromatic nitrogens is 1. The highest BCUT2D eigenvalue weighted by Crippen LogP contribution is 2.24. The van der Waals surface area contributed by atoms with Crippen molar-refractivity contribution in [1.82, 2.24) is 4.98 Å². The maximum absolute atomic E-state index is 12.3. The molecule has 0 aliphatic carbocycles. The van der Waals surface area contributed by atoms with E-state index in [2.05, 4.69) is 4.98 Å². The number of halogens is 1. The van der Waals surface area contributed by atoms with Gasteiger partial charge in [0, 0.05) is 16.9 Å². The van der Waals surface area contributed by atoms with E-state index in [4.69, 9.17) is 16.3 Å². The molecule has 1 aromatic carbocycles. The average Bonchev–Trinajstić information content (AvgIpc) is 2.41. The molecular weight excluding hydrogens is 262 g/mol. The molecule has 0 spiro atoms. The third kappa shape index (κ3) is 3.32. The summed E-state index contributed by atoms with van der Waals surface area (Å²) >= 11 is 5.92. The van der Waals surface area contributed by atoms with Gasteiger partial charge in [0.15, 0.2) is 5.78 Å². The van der Waals surface area contributed by atoms with Crippen LogP contribution in [0.5, 0.6) is 5.75 Å². The van der Waals surface area contributed by atoms with Crippen LogP contribution in [-0.4, -0.2) is 17.9 Å². The van der Waals surface area contributed by atoms with E-state index in [1.807, 2.05) is 19.1 Å². The van der Waals surface area contributed by atoms with Crippen molar-refractivity contribution in [3.05, 3.63) is 58.4 Å². The summed E-state index contributed by atoms with van der Waals surface area (Å²) in [5.74, 6) is 0.470. The first-order valence-electron chi connectivity index (χ1n) is 5.88. The minimum atomic E-state index is -0.0595. The van der Waals surface area contributed by atoms with Gasteiger partial charge in [0.1, 0.15) is 5.75 Å². The molecule has 4 heteroatoms. The molecule has 0 N–H and O–H groups in total. The van der Waals surface area contributed by atoms with Gasteiger partial charge < -0.3 is 4.74 Å². The molecule has 2 aromatic rings. The summed E-state index contributed by atoms with van der Waals surface area (Å²) in [6, 6.07) is 8.80. The lowest BCUT2D eigenvalue weighted by Crippen LogP contribution is -2.07. The average molecular weight is 276 g/mol. The molecule has 0 bridgehead atoms. The molecule has 1 aromatic heterocycles. The lowest BCUT2D eigenvalue weighted by Gasteiger charge is -2.08. The van der Waals surface area contributed by atoms with Crippen molar-refractivity contribution in [2.24, 2.45) is 0 Å². The second-order valence-electron chi connectivity index (χ2n) is 4.27. The Bertz CT molecular complexity index is 594. The number of methoxy groups -OCH3 is 1. The first-order chi connectivity index (χ1) is 9.10. The molecule has 19 heavy (non-hydrogen) atoms. The van der Waals surface area contributed by atoms with E-state index in [0.29, 0.717) is 16.3 Å². The fraction of sp³-hybridized carbons (Fsp3) is 0.200. The van der Waals surface area contributed by atoms with Crippen LogP contribution >= 0.6 is 11.6 Å². The van der Waals surface area contributed by atoms with Gasteiger partial charge in [0.25, 0.3) is 0 Å². The molecule has 3 nitrogen and oxygen atoms in total. The van der Waals surface area contributed by atoms with Gasteiger partial charge in [-0.25, -0.2) is 0 Å². The smallest absolute Gasteiger partial charge is 0.172 e. The molecule has 0 aliphatic heterocycles. The summed E-state index contributed by atoms with van der Waals surface area (Å²) in [5.41, 5.74) is 2.28. The predicted octanol–water partition coefficient (Wildman–Crippen LogP) is 3.48. The van der Waals surface area contributed by atoms with Crippen LogP contribution in [0.25, 0.3) is 0 Å². The number of hydrogen-bond acceptors (Lipinski definition) is 3. The Kier molecular flexibility index (Phi) is 4.17. The summed E-state index contributed by atoms with van der Waals surface area (Å²) in [6.45, 7) is 1.96. The van der Waals surface area contributed by atoms with Crippen molar-refractivity contribution in [2.45, 2.75) is 13.3 Å². The lowest BCUT2D eigenvalue weighted by atomic mass is 10.0. The van der Waals surface area contributed by atoms with Gasteiger partial charge in [-0.1, -0.05) is 17.7 Å². The molecule has 0 atom stereocenters. The number of rotatable bonds is 4. The molecule has 0 fully saturated rings. The third-order valence-electron chi connectivity index (χ3n) is 2.78. The third-order valence-corrected chi connectivity index (χ3v) is 3.01. The Morgan fingerprint density at radius 3 is 2.74 bits per heavy atom. The predicted molar refractivity (Wildman–Crippen MR) is 75.0 cm³/mol. The number of Topliss-reactive ketones (excluding diaryl/α,β-unsaturated/α-hetero) is 1. The highest BCUT2D eigenvalue weighted by atomic mass is 35.5. The van der Waals surface area contributed by atoms with E-state index in [-0.39, 0.29) is 12.2 Å². The maximum atomic E-state index is 12.3. The fourth-order valence-electron chi connectivity index (χ4n) is 1.76. The van der Waals surface area contributed by atoms with Gasteiger partial charge in [-0.05, 0) is 36.8 Å². The highest BCUT2D eigenvalue weighted by molar-refractivity contribution is 6.31. The molecule has 0 unspecified atom stereocenters. The van der Waals surface area contributed by atoms with Crippen LogP contribution in [0.1, 0.15) is 21.6 Å².